The second kappa shape index (κ2) is 6.92. The van der Waals surface area contributed by atoms with Crippen molar-refractivity contribution in [2.75, 3.05) is 17.4 Å². The first kappa shape index (κ1) is 16.2. The van der Waals surface area contributed by atoms with E-state index in [4.69, 9.17) is 9.47 Å². The highest BCUT2D eigenvalue weighted by atomic mass is 16.7. The lowest BCUT2D eigenvalue weighted by Gasteiger charge is -2.10. The van der Waals surface area contributed by atoms with Crippen LogP contribution in [0.5, 0.6) is 11.5 Å². The first-order chi connectivity index (χ1) is 12.7. The van der Waals surface area contributed by atoms with Crippen LogP contribution in [0.15, 0.2) is 48.5 Å². The molecule has 1 aliphatic heterocycles. The Kier molecular flexibility index (Phi) is 4.31. The average Bonchev–Trinajstić information content (AvgIpc) is 3.09. The molecule has 1 aliphatic rings. The van der Waals surface area contributed by atoms with Crippen LogP contribution in [0.2, 0.25) is 0 Å². The molecule has 2 heterocycles. The molecule has 0 aliphatic carbocycles. The molecule has 0 amide bonds. The molecule has 2 aromatic carbocycles. The van der Waals surface area contributed by atoms with Gasteiger partial charge in [0, 0.05) is 24.0 Å². The Morgan fingerprint density at radius 1 is 0.923 bits per heavy atom. The molecule has 0 spiro atoms. The van der Waals surface area contributed by atoms with E-state index in [1.807, 2.05) is 43.3 Å². The average molecular weight is 348 g/mol. The molecule has 0 saturated carbocycles. The van der Waals surface area contributed by atoms with Crippen molar-refractivity contribution >= 4 is 17.5 Å². The lowest BCUT2D eigenvalue weighted by Crippen LogP contribution is -2.06. The third-order valence-electron chi connectivity index (χ3n) is 4.07. The normalized spacial score (nSPS) is 12.1. The van der Waals surface area contributed by atoms with Gasteiger partial charge in [-0.3, -0.25) is 0 Å². The topological polar surface area (TPSA) is 68.3 Å². The predicted molar refractivity (Wildman–Crippen MR) is 101 cm³/mol. The fourth-order valence-electron chi connectivity index (χ4n) is 2.73. The Bertz CT molecular complexity index is 926. The SMILES string of the molecule is Cc1ccc(Nc2cc(C)nc(NCc3ccc4c(c3)OCO4)n2)cc1. The second-order valence-electron chi connectivity index (χ2n) is 6.25. The summed E-state index contributed by atoms with van der Waals surface area (Å²) in [6.45, 7) is 4.90. The van der Waals surface area contributed by atoms with Crippen molar-refractivity contribution in [3.05, 3.63) is 65.4 Å². The van der Waals surface area contributed by atoms with Crippen molar-refractivity contribution in [1.82, 2.24) is 9.97 Å². The number of nitrogens with zero attached hydrogens (tertiary/aromatic N) is 2. The Morgan fingerprint density at radius 3 is 2.58 bits per heavy atom. The van der Waals surface area contributed by atoms with E-state index in [0.29, 0.717) is 12.5 Å². The Morgan fingerprint density at radius 2 is 1.73 bits per heavy atom. The smallest absolute Gasteiger partial charge is 0.231 e. The summed E-state index contributed by atoms with van der Waals surface area (Å²) in [5.41, 5.74) is 4.19. The molecule has 0 fully saturated rings. The van der Waals surface area contributed by atoms with Gasteiger partial charge in [0.2, 0.25) is 12.7 Å². The predicted octanol–water partition coefficient (Wildman–Crippen LogP) is 4.18. The van der Waals surface area contributed by atoms with Gasteiger partial charge < -0.3 is 20.1 Å². The maximum atomic E-state index is 5.41. The van der Waals surface area contributed by atoms with E-state index in [1.54, 1.807) is 0 Å². The van der Waals surface area contributed by atoms with Crippen LogP contribution in [0.3, 0.4) is 0 Å². The van der Waals surface area contributed by atoms with Gasteiger partial charge in [-0.1, -0.05) is 23.8 Å². The number of hydrogen-bond acceptors (Lipinski definition) is 6. The maximum absolute atomic E-state index is 5.41. The zero-order chi connectivity index (χ0) is 17.9. The minimum absolute atomic E-state index is 0.279. The summed E-state index contributed by atoms with van der Waals surface area (Å²) < 4.78 is 10.7. The Hall–Kier alpha value is -3.28. The monoisotopic (exact) mass is 348 g/mol. The van der Waals surface area contributed by atoms with E-state index >= 15 is 0 Å². The minimum Gasteiger partial charge on any atom is -0.454 e. The highest BCUT2D eigenvalue weighted by Gasteiger charge is 2.13. The van der Waals surface area contributed by atoms with Crippen molar-refractivity contribution in [2.24, 2.45) is 0 Å². The van der Waals surface area contributed by atoms with Gasteiger partial charge in [-0.15, -0.1) is 0 Å². The number of fused-ring (bicyclic) bond motifs is 1. The Labute approximate surface area is 152 Å². The summed E-state index contributed by atoms with van der Waals surface area (Å²) in [6.07, 6.45) is 0. The molecule has 0 unspecified atom stereocenters. The molecule has 0 radical (unpaired) electrons. The van der Waals surface area contributed by atoms with Crippen LogP contribution in [-0.2, 0) is 6.54 Å². The molecule has 3 aromatic rings. The lowest BCUT2D eigenvalue weighted by molar-refractivity contribution is 0.174. The second-order valence-corrected chi connectivity index (χ2v) is 6.25. The number of ether oxygens (including phenoxy) is 2. The molecule has 2 N–H and O–H groups in total. The van der Waals surface area contributed by atoms with E-state index in [1.165, 1.54) is 5.56 Å². The standard InChI is InChI=1S/C20H20N4O2/c1-13-3-6-16(7-4-13)23-19-9-14(2)22-20(24-19)21-11-15-5-8-17-18(10-15)26-12-25-17/h3-10H,11-12H2,1-2H3,(H2,21,22,23,24). The van der Waals surface area contributed by atoms with E-state index in [2.05, 4.69) is 39.7 Å². The quantitative estimate of drug-likeness (QED) is 0.721. The Balaban J connectivity index is 1.46. The third kappa shape index (κ3) is 3.69. The molecular weight excluding hydrogens is 328 g/mol. The molecule has 0 saturated heterocycles. The molecule has 0 bridgehead atoms. The van der Waals surface area contributed by atoms with Gasteiger partial charge in [-0.05, 0) is 43.7 Å². The summed E-state index contributed by atoms with van der Waals surface area (Å²) >= 11 is 0. The third-order valence-corrected chi connectivity index (χ3v) is 4.07. The van der Waals surface area contributed by atoms with Gasteiger partial charge in [-0.2, -0.15) is 4.98 Å². The molecule has 1 aromatic heterocycles. The van der Waals surface area contributed by atoms with Crippen LogP contribution in [0.25, 0.3) is 0 Å². The van der Waals surface area contributed by atoms with Gasteiger partial charge in [-0.25, -0.2) is 4.98 Å². The van der Waals surface area contributed by atoms with E-state index < -0.39 is 0 Å². The number of aryl methyl sites for hydroxylation is 2. The fourth-order valence-corrected chi connectivity index (χ4v) is 2.73. The molecule has 0 atom stereocenters. The first-order valence-electron chi connectivity index (χ1n) is 8.47. The van der Waals surface area contributed by atoms with Gasteiger partial charge in [0.15, 0.2) is 11.5 Å². The highest BCUT2D eigenvalue weighted by molar-refractivity contribution is 5.58. The van der Waals surface area contributed by atoms with Gasteiger partial charge in [0.05, 0.1) is 0 Å². The van der Waals surface area contributed by atoms with E-state index in [9.17, 15) is 0 Å². The molecule has 6 heteroatoms. The van der Waals surface area contributed by atoms with Crippen molar-refractivity contribution in [3.8, 4) is 11.5 Å². The largest absolute Gasteiger partial charge is 0.454 e. The van der Waals surface area contributed by atoms with Crippen LogP contribution in [0, 0.1) is 13.8 Å². The number of nitrogens with one attached hydrogen (secondary N) is 2. The molecule has 6 nitrogen and oxygen atoms in total. The zero-order valence-corrected chi connectivity index (χ0v) is 14.7. The van der Waals surface area contributed by atoms with E-state index in [0.717, 1.165) is 34.3 Å². The van der Waals surface area contributed by atoms with Crippen LogP contribution in [0.1, 0.15) is 16.8 Å². The van der Waals surface area contributed by atoms with Crippen LogP contribution < -0.4 is 20.1 Å². The van der Waals surface area contributed by atoms with Crippen molar-refractivity contribution in [3.63, 3.8) is 0 Å². The summed E-state index contributed by atoms with van der Waals surface area (Å²) in [4.78, 5) is 9.01. The van der Waals surface area contributed by atoms with Gasteiger partial charge >= 0.3 is 0 Å². The van der Waals surface area contributed by atoms with Crippen molar-refractivity contribution in [1.29, 1.82) is 0 Å². The molecule has 4 rings (SSSR count). The highest BCUT2D eigenvalue weighted by Crippen LogP contribution is 2.32. The molecule has 132 valence electrons. The number of aromatic nitrogens is 2. The minimum atomic E-state index is 0.279. The molecule has 26 heavy (non-hydrogen) atoms. The number of anilines is 3. The van der Waals surface area contributed by atoms with Gasteiger partial charge in [0.25, 0.3) is 0 Å². The molecular formula is C20H20N4O2. The number of benzene rings is 2. The van der Waals surface area contributed by atoms with Crippen molar-refractivity contribution in [2.45, 2.75) is 20.4 Å². The van der Waals surface area contributed by atoms with Crippen LogP contribution in [-0.4, -0.2) is 16.8 Å². The summed E-state index contributed by atoms with van der Waals surface area (Å²) in [5.74, 6) is 2.90. The van der Waals surface area contributed by atoms with Gasteiger partial charge in [0.1, 0.15) is 5.82 Å². The number of hydrogen-bond donors (Lipinski definition) is 2. The first-order valence-corrected chi connectivity index (χ1v) is 8.47. The van der Waals surface area contributed by atoms with Crippen LogP contribution in [0.4, 0.5) is 17.5 Å². The lowest BCUT2D eigenvalue weighted by atomic mass is 10.2. The fraction of sp³-hybridized carbons (Fsp3) is 0.200. The maximum Gasteiger partial charge on any atom is 0.231 e. The summed E-state index contributed by atoms with van der Waals surface area (Å²) in [7, 11) is 0. The zero-order valence-electron chi connectivity index (χ0n) is 14.7. The van der Waals surface area contributed by atoms with Crippen molar-refractivity contribution < 1.29 is 9.47 Å². The summed E-state index contributed by atoms with van der Waals surface area (Å²) in [6, 6.07) is 16.0. The van der Waals surface area contributed by atoms with Crippen LogP contribution >= 0.6 is 0 Å². The summed E-state index contributed by atoms with van der Waals surface area (Å²) in [5, 5.41) is 6.59. The van der Waals surface area contributed by atoms with E-state index in [-0.39, 0.29) is 6.79 Å². The number of rotatable bonds is 5.